The lowest BCUT2D eigenvalue weighted by Gasteiger charge is -2.31. The molecule has 0 spiro atoms. The van der Waals surface area contributed by atoms with E-state index in [1.54, 1.807) is 24.3 Å². The van der Waals surface area contributed by atoms with Gasteiger partial charge in [-0.25, -0.2) is 4.39 Å². The van der Waals surface area contributed by atoms with E-state index >= 15 is 0 Å². The van der Waals surface area contributed by atoms with Crippen molar-refractivity contribution in [3.63, 3.8) is 0 Å². The van der Waals surface area contributed by atoms with Crippen LogP contribution in [0.15, 0.2) is 48.5 Å². The molecule has 1 aliphatic heterocycles. The number of hydrogen-bond acceptors (Lipinski definition) is 7. The summed E-state index contributed by atoms with van der Waals surface area (Å²) in [4.78, 5) is 40.2. The number of carbonyl (C=O) groups is 3. The zero-order chi connectivity index (χ0) is 25.8. The molecule has 1 aliphatic rings. The molecule has 0 bridgehead atoms. The van der Waals surface area contributed by atoms with E-state index < -0.39 is 29.6 Å². The molecule has 4 rings (SSSR count). The van der Waals surface area contributed by atoms with Crippen LogP contribution in [0.2, 0.25) is 5.02 Å². The smallest absolute Gasteiger partial charge is 0.273 e. The molecule has 2 atom stereocenters. The van der Waals surface area contributed by atoms with Crippen molar-refractivity contribution in [1.29, 1.82) is 0 Å². The highest BCUT2D eigenvalue weighted by Crippen LogP contribution is 2.34. The monoisotopic (exact) mass is 531 g/mol. The highest BCUT2D eigenvalue weighted by Gasteiger charge is 2.36. The van der Waals surface area contributed by atoms with Gasteiger partial charge >= 0.3 is 0 Å². The minimum absolute atomic E-state index is 0.0978. The van der Waals surface area contributed by atoms with Gasteiger partial charge in [0.1, 0.15) is 16.7 Å². The van der Waals surface area contributed by atoms with Gasteiger partial charge in [0.05, 0.1) is 11.8 Å². The first-order valence-electron chi connectivity index (χ1n) is 11.0. The maximum Gasteiger partial charge on any atom is 0.273 e. The van der Waals surface area contributed by atoms with Crippen molar-refractivity contribution in [3.8, 4) is 0 Å². The van der Waals surface area contributed by atoms with Crippen LogP contribution in [-0.4, -0.2) is 41.4 Å². The third-order valence-electron chi connectivity index (χ3n) is 5.68. The predicted octanol–water partition coefficient (Wildman–Crippen LogP) is 3.30. The van der Waals surface area contributed by atoms with E-state index in [1.807, 2.05) is 0 Å². The van der Waals surface area contributed by atoms with Crippen molar-refractivity contribution >= 4 is 52.2 Å². The van der Waals surface area contributed by atoms with Crippen LogP contribution in [-0.2, 0) is 9.53 Å². The molecule has 0 radical (unpaired) electrons. The number of carbonyl (C=O) groups excluding carboxylic acids is 3. The molecule has 188 valence electrons. The third-order valence-corrected chi connectivity index (χ3v) is 6.78. The van der Waals surface area contributed by atoms with Crippen LogP contribution in [0.3, 0.4) is 0 Å². The number of nitrogens with one attached hydrogen (secondary N) is 1. The summed E-state index contributed by atoms with van der Waals surface area (Å²) in [6.45, 7) is 0.852. The lowest BCUT2D eigenvalue weighted by molar-refractivity contribution is -0.123. The van der Waals surface area contributed by atoms with Crippen LogP contribution in [0.5, 0.6) is 0 Å². The van der Waals surface area contributed by atoms with E-state index in [0.29, 0.717) is 28.7 Å². The number of nitrogens with zero attached hydrogens (tertiary/aromatic N) is 2. The van der Waals surface area contributed by atoms with Gasteiger partial charge in [-0.15, -0.1) is 0 Å². The minimum atomic E-state index is -1.24. The first-order valence-corrected chi connectivity index (χ1v) is 12.2. The first kappa shape index (κ1) is 25.5. The maximum atomic E-state index is 14.3. The second-order valence-corrected chi connectivity index (χ2v) is 9.34. The normalized spacial score (nSPS) is 15.9. The fourth-order valence-electron chi connectivity index (χ4n) is 3.93. The molecule has 2 unspecified atom stereocenters. The Morgan fingerprint density at radius 1 is 1.25 bits per heavy atom. The number of hydrogen-bond donors (Lipinski definition) is 3. The summed E-state index contributed by atoms with van der Waals surface area (Å²) in [7, 11) is 0. The van der Waals surface area contributed by atoms with E-state index in [0.717, 1.165) is 23.8 Å². The molecule has 2 heterocycles. The average molecular weight is 532 g/mol. The summed E-state index contributed by atoms with van der Waals surface area (Å²) in [6.07, 6.45) is 1.54. The van der Waals surface area contributed by atoms with Gasteiger partial charge < -0.3 is 21.5 Å². The standard InChI is InChI=1S/C24H23ClFN5O4S/c25-14-8-6-13(7-9-14)20(23(33)29-12-17-5-2-10-35-17)31(16-4-1-3-15(26)11-16)24(34)21-18(27)19(22(28)32)30-36-21/h1,3-4,6-9,11,17,20H,2,5,10,12,27H2,(H2,28,32)(H,29,33). The van der Waals surface area contributed by atoms with Crippen LogP contribution >= 0.6 is 23.1 Å². The second kappa shape index (κ2) is 11.0. The zero-order valence-electron chi connectivity index (χ0n) is 18.9. The molecule has 0 aliphatic carbocycles. The molecule has 36 heavy (non-hydrogen) atoms. The minimum Gasteiger partial charge on any atom is -0.395 e. The Bertz CT molecular complexity index is 1280. The fraction of sp³-hybridized carbons (Fsp3) is 0.250. The number of rotatable bonds is 8. The van der Waals surface area contributed by atoms with Crippen LogP contribution in [0.4, 0.5) is 15.8 Å². The maximum absolute atomic E-state index is 14.3. The van der Waals surface area contributed by atoms with Gasteiger partial charge in [-0.05, 0) is 60.3 Å². The Morgan fingerprint density at radius 3 is 2.61 bits per heavy atom. The van der Waals surface area contributed by atoms with Crippen molar-refractivity contribution < 1.29 is 23.5 Å². The van der Waals surface area contributed by atoms with E-state index in [-0.39, 0.29) is 34.6 Å². The van der Waals surface area contributed by atoms with Gasteiger partial charge in [-0.1, -0.05) is 29.8 Å². The van der Waals surface area contributed by atoms with Crippen LogP contribution < -0.4 is 21.7 Å². The van der Waals surface area contributed by atoms with E-state index in [4.69, 9.17) is 27.8 Å². The third kappa shape index (κ3) is 5.48. The number of amides is 3. The molecule has 12 heteroatoms. The van der Waals surface area contributed by atoms with Crippen LogP contribution in [0, 0.1) is 5.82 Å². The lowest BCUT2D eigenvalue weighted by atomic mass is 10.0. The number of anilines is 2. The van der Waals surface area contributed by atoms with Crippen molar-refractivity contribution in [3.05, 3.63) is 75.5 Å². The number of nitrogen functional groups attached to an aromatic ring is 1. The molecule has 1 saturated heterocycles. The molecular weight excluding hydrogens is 509 g/mol. The van der Waals surface area contributed by atoms with Gasteiger partial charge in [0, 0.05) is 23.9 Å². The number of aromatic nitrogens is 1. The molecule has 1 fully saturated rings. The van der Waals surface area contributed by atoms with Gasteiger partial charge in [-0.3, -0.25) is 19.3 Å². The molecule has 3 aromatic rings. The number of primary amides is 1. The van der Waals surface area contributed by atoms with Crippen LogP contribution in [0.25, 0.3) is 0 Å². The predicted molar refractivity (Wildman–Crippen MR) is 134 cm³/mol. The molecule has 0 saturated carbocycles. The molecule has 3 amide bonds. The van der Waals surface area contributed by atoms with Crippen molar-refractivity contribution in [2.45, 2.75) is 25.0 Å². The fourth-order valence-corrected chi connectivity index (χ4v) is 4.80. The van der Waals surface area contributed by atoms with Gasteiger partial charge in [0.25, 0.3) is 11.8 Å². The SMILES string of the molecule is NC(=O)c1nsc(C(=O)N(c2cccc(F)c2)C(C(=O)NCC2CCCO2)c2ccc(Cl)cc2)c1N. The second-order valence-electron chi connectivity index (χ2n) is 8.13. The summed E-state index contributed by atoms with van der Waals surface area (Å²) < 4.78 is 23.8. The first-order chi connectivity index (χ1) is 17.3. The Kier molecular flexibility index (Phi) is 7.82. The van der Waals surface area contributed by atoms with E-state index in [2.05, 4.69) is 9.69 Å². The highest BCUT2D eigenvalue weighted by molar-refractivity contribution is 7.09. The molecule has 9 nitrogen and oxygen atoms in total. The number of nitrogens with two attached hydrogens (primary N) is 2. The Hall–Kier alpha value is -3.54. The summed E-state index contributed by atoms with van der Waals surface area (Å²) in [5, 5.41) is 3.27. The topological polar surface area (TPSA) is 141 Å². The molecule has 5 N–H and O–H groups in total. The Labute approximate surface area is 215 Å². The molecule has 2 aromatic carbocycles. The largest absolute Gasteiger partial charge is 0.395 e. The number of halogens is 2. The highest BCUT2D eigenvalue weighted by atomic mass is 35.5. The van der Waals surface area contributed by atoms with Crippen molar-refractivity contribution in [2.75, 3.05) is 23.8 Å². The summed E-state index contributed by atoms with van der Waals surface area (Å²) >= 11 is 6.72. The Morgan fingerprint density at radius 2 is 2.00 bits per heavy atom. The summed E-state index contributed by atoms with van der Waals surface area (Å²) in [6, 6.07) is 10.4. The molecule has 1 aromatic heterocycles. The van der Waals surface area contributed by atoms with Gasteiger partial charge in [0.2, 0.25) is 5.91 Å². The number of benzene rings is 2. The summed E-state index contributed by atoms with van der Waals surface area (Å²) in [5.74, 6) is -2.79. The van der Waals surface area contributed by atoms with E-state index in [9.17, 15) is 18.8 Å². The van der Waals surface area contributed by atoms with Crippen LogP contribution in [0.1, 0.15) is 44.6 Å². The molecular formula is C24H23ClFN5O4S. The lowest BCUT2D eigenvalue weighted by Crippen LogP contribution is -2.45. The zero-order valence-corrected chi connectivity index (χ0v) is 20.5. The number of ether oxygens (including phenoxy) is 1. The average Bonchev–Trinajstić information content (AvgIpc) is 3.51. The van der Waals surface area contributed by atoms with Gasteiger partial charge in [0.15, 0.2) is 5.69 Å². The quantitative estimate of drug-likeness (QED) is 0.407. The van der Waals surface area contributed by atoms with Crippen molar-refractivity contribution in [2.24, 2.45) is 5.73 Å². The summed E-state index contributed by atoms with van der Waals surface area (Å²) in [5.41, 5.74) is 11.4. The van der Waals surface area contributed by atoms with Gasteiger partial charge in [-0.2, -0.15) is 4.37 Å². The van der Waals surface area contributed by atoms with Crippen molar-refractivity contribution in [1.82, 2.24) is 9.69 Å². The van der Waals surface area contributed by atoms with E-state index in [1.165, 1.54) is 18.2 Å². The Balaban J connectivity index is 1.80.